The van der Waals surface area contributed by atoms with Gasteiger partial charge in [0, 0.05) is 12.6 Å². The highest BCUT2D eigenvalue weighted by atomic mass is 16.6. The molecule has 2 atom stereocenters. The maximum atomic E-state index is 12.0. The van der Waals surface area contributed by atoms with Crippen LogP contribution in [0.3, 0.4) is 0 Å². The van der Waals surface area contributed by atoms with Gasteiger partial charge in [-0.25, -0.2) is 4.79 Å². The molecule has 1 saturated heterocycles. The summed E-state index contributed by atoms with van der Waals surface area (Å²) in [5.41, 5.74) is 2.31. The standard InChI is InChI=1S/C16H24N2O2/c1-11(2)18-12(3)15(20-16(18)19)14-8-6-7-13(9-14)10-17(4)5/h6-9,11-12,15H,10H2,1-5H3/t12-,15-/m0/s1. The van der Waals surface area contributed by atoms with E-state index in [1.165, 1.54) is 5.56 Å². The van der Waals surface area contributed by atoms with Crippen LogP contribution in [0.5, 0.6) is 0 Å². The van der Waals surface area contributed by atoms with E-state index in [4.69, 9.17) is 4.74 Å². The maximum absolute atomic E-state index is 12.0. The quantitative estimate of drug-likeness (QED) is 0.847. The summed E-state index contributed by atoms with van der Waals surface area (Å²) < 4.78 is 5.57. The lowest BCUT2D eigenvalue weighted by Gasteiger charge is -2.24. The van der Waals surface area contributed by atoms with Crippen molar-refractivity contribution in [2.75, 3.05) is 14.1 Å². The summed E-state index contributed by atoms with van der Waals surface area (Å²) in [7, 11) is 4.09. The number of hydrogen-bond donors (Lipinski definition) is 0. The molecular weight excluding hydrogens is 252 g/mol. The molecule has 4 heteroatoms. The maximum Gasteiger partial charge on any atom is 0.411 e. The molecular formula is C16H24N2O2. The zero-order chi connectivity index (χ0) is 14.9. The fourth-order valence-corrected chi connectivity index (χ4v) is 2.84. The molecule has 1 aromatic carbocycles. The second-order valence-corrected chi connectivity index (χ2v) is 6.03. The van der Waals surface area contributed by atoms with E-state index in [0.29, 0.717) is 0 Å². The van der Waals surface area contributed by atoms with Crippen molar-refractivity contribution in [2.24, 2.45) is 0 Å². The molecule has 0 bridgehead atoms. The van der Waals surface area contributed by atoms with Gasteiger partial charge in [-0.3, -0.25) is 4.90 Å². The Labute approximate surface area is 121 Å². The molecule has 1 aliphatic heterocycles. The van der Waals surface area contributed by atoms with E-state index < -0.39 is 0 Å². The van der Waals surface area contributed by atoms with Crippen LogP contribution in [-0.4, -0.2) is 42.1 Å². The number of carbonyl (C=O) groups excluding carboxylic acids is 1. The summed E-state index contributed by atoms with van der Waals surface area (Å²) in [4.78, 5) is 15.9. The summed E-state index contributed by atoms with van der Waals surface area (Å²) in [5.74, 6) is 0. The van der Waals surface area contributed by atoms with Gasteiger partial charge in [0.2, 0.25) is 0 Å². The second kappa shape index (κ2) is 5.83. The van der Waals surface area contributed by atoms with Crippen LogP contribution in [-0.2, 0) is 11.3 Å². The number of carbonyl (C=O) groups is 1. The molecule has 0 saturated carbocycles. The highest BCUT2D eigenvalue weighted by Crippen LogP contribution is 2.33. The van der Waals surface area contributed by atoms with Gasteiger partial charge >= 0.3 is 6.09 Å². The number of hydrogen-bond acceptors (Lipinski definition) is 3. The monoisotopic (exact) mass is 276 g/mol. The van der Waals surface area contributed by atoms with Crippen LogP contribution < -0.4 is 0 Å². The number of ether oxygens (including phenoxy) is 1. The molecule has 1 aromatic rings. The van der Waals surface area contributed by atoms with Gasteiger partial charge in [-0.15, -0.1) is 0 Å². The SMILES string of the molecule is CC(C)N1C(=O)O[C@H](c2cccc(CN(C)C)c2)[C@@H]1C. The molecule has 0 spiro atoms. The Kier molecular flexibility index (Phi) is 4.33. The molecule has 0 unspecified atom stereocenters. The Morgan fingerprint density at radius 2 is 2.05 bits per heavy atom. The van der Waals surface area contributed by atoms with Crippen LogP contribution in [0, 0.1) is 0 Å². The Bertz CT molecular complexity index is 485. The Balaban J connectivity index is 2.22. The van der Waals surface area contributed by atoms with E-state index in [1.54, 1.807) is 0 Å². The minimum atomic E-state index is -0.212. The third-order valence-electron chi connectivity index (χ3n) is 3.65. The number of amides is 1. The van der Waals surface area contributed by atoms with Gasteiger partial charge in [0.05, 0.1) is 6.04 Å². The van der Waals surface area contributed by atoms with Crippen LogP contribution in [0.15, 0.2) is 24.3 Å². The molecule has 4 nitrogen and oxygen atoms in total. The van der Waals surface area contributed by atoms with Crippen LogP contribution in [0.4, 0.5) is 4.79 Å². The predicted octanol–water partition coefficient (Wildman–Crippen LogP) is 3.04. The first-order valence-corrected chi connectivity index (χ1v) is 7.12. The van der Waals surface area contributed by atoms with Gasteiger partial charge in [0.25, 0.3) is 0 Å². The van der Waals surface area contributed by atoms with Crippen molar-refractivity contribution >= 4 is 6.09 Å². The Morgan fingerprint density at radius 3 is 2.60 bits per heavy atom. The van der Waals surface area contributed by atoms with Crippen LogP contribution >= 0.6 is 0 Å². The molecule has 0 radical (unpaired) electrons. The van der Waals surface area contributed by atoms with Crippen molar-refractivity contribution in [1.82, 2.24) is 9.80 Å². The summed E-state index contributed by atoms with van der Waals surface area (Å²) in [6.45, 7) is 6.97. The van der Waals surface area contributed by atoms with E-state index in [0.717, 1.165) is 12.1 Å². The number of benzene rings is 1. The molecule has 0 aliphatic carbocycles. The molecule has 0 aromatic heterocycles. The average Bonchev–Trinajstić information content (AvgIpc) is 2.64. The highest BCUT2D eigenvalue weighted by molar-refractivity contribution is 5.71. The fourth-order valence-electron chi connectivity index (χ4n) is 2.84. The van der Waals surface area contributed by atoms with Gasteiger partial charge in [0.1, 0.15) is 6.10 Å². The lowest BCUT2D eigenvalue weighted by Crippen LogP contribution is -2.37. The van der Waals surface area contributed by atoms with Crippen molar-refractivity contribution in [1.29, 1.82) is 0 Å². The summed E-state index contributed by atoms with van der Waals surface area (Å²) in [5, 5.41) is 0. The van der Waals surface area contributed by atoms with Gasteiger partial charge < -0.3 is 9.64 Å². The van der Waals surface area contributed by atoms with Crippen molar-refractivity contribution < 1.29 is 9.53 Å². The second-order valence-electron chi connectivity index (χ2n) is 6.03. The smallest absolute Gasteiger partial charge is 0.411 e. The molecule has 1 heterocycles. The molecule has 110 valence electrons. The molecule has 0 N–H and O–H groups in total. The first-order chi connectivity index (χ1) is 9.40. The minimum Gasteiger partial charge on any atom is -0.439 e. The van der Waals surface area contributed by atoms with Crippen LogP contribution in [0.2, 0.25) is 0 Å². The molecule has 20 heavy (non-hydrogen) atoms. The van der Waals surface area contributed by atoms with E-state index in [9.17, 15) is 4.79 Å². The number of cyclic esters (lactones) is 1. The zero-order valence-corrected chi connectivity index (χ0v) is 13.0. The van der Waals surface area contributed by atoms with Crippen molar-refractivity contribution in [3.63, 3.8) is 0 Å². The van der Waals surface area contributed by atoms with Gasteiger partial charge in [0.15, 0.2) is 0 Å². The molecule has 1 amide bonds. The van der Waals surface area contributed by atoms with Crippen molar-refractivity contribution in [2.45, 2.75) is 45.5 Å². The van der Waals surface area contributed by atoms with E-state index in [2.05, 4.69) is 17.0 Å². The third kappa shape index (κ3) is 2.96. The largest absolute Gasteiger partial charge is 0.439 e. The predicted molar refractivity (Wildman–Crippen MR) is 79.5 cm³/mol. The van der Waals surface area contributed by atoms with Gasteiger partial charge in [-0.05, 0) is 46.0 Å². The first kappa shape index (κ1) is 14.9. The normalized spacial score (nSPS) is 22.8. The summed E-state index contributed by atoms with van der Waals surface area (Å²) in [6, 6.07) is 8.54. The van der Waals surface area contributed by atoms with E-state index in [1.807, 2.05) is 51.9 Å². The Morgan fingerprint density at radius 1 is 1.35 bits per heavy atom. The molecule has 1 fully saturated rings. The minimum absolute atomic E-state index is 0.0668. The topological polar surface area (TPSA) is 32.8 Å². The molecule has 2 rings (SSSR count). The summed E-state index contributed by atoms with van der Waals surface area (Å²) in [6.07, 6.45) is -0.387. The Hall–Kier alpha value is -1.55. The number of rotatable bonds is 4. The number of nitrogens with zero attached hydrogens (tertiary/aromatic N) is 2. The summed E-state index contributed by atoms with van der Waals surface area (Å²) >= 11 is 0. The lowest BCUT2D eigenvalue weighted by atomic mass is 10.0. The van der Waals surface area contributed by atoms with Crippen molar-refractivity contribution in [3.8, 4) is 0 Å². The van der Waals surface area contributed by atoms with E-state index in [-0.39, 0.29) is 24.3 Å². The van der Waals surface area contributed by atoms with Crippen molar-refractivity contribution in [3.05, 3.63) is 35.4 Å². The fraction of sp³-hybridized carbons (Fsp3) is 0.562. The van der Waals surface area contributed by atoms with Crippen LogP contribution in [0.25, 0.3) is 0 Å². The van der Waals surface area contributed by atoms with Gasteiger partial charge in [-0.1, -0.05) is 24.3 Å². The first-order valence-electron chi connectivity index (χ1n) is 7.12. The third-order valence-corrected chi connectivity index (χ3v) is 3.65. The highest BCUT2D eigenvalue weighted by Gasteiger charge is 2.40. The lowest BCUT2D eigenvalue weighted by molar-refractivity contribution is 0.129. The van der Waals surface area contributed by atoms with Crippen LogP contribution in [0.1, 0.15) is 38.0 Å². The average molecular weight is 276 g/mol. The zero-order valence-electron chi connectivity index (χ0n) is 13.0. The van der Waals surface area contributed by atoms with Gasteiger partial charge in [-0.2, -0.15) is 0 Å². The molecule has 1 aliphatic rings. The van der Waals surface area contributed by atoms with E-state index >= 15 is 0 Å².